The number of hydrogen-bond acceptors (Lipinski definition) is 3. The number of nitrogens with one attached hydrogen (secondary N) is 1. The normalized spacial score (nSPS) is 27.6. The van der Waals surface area contributed by atoms with Crippen molar-refractivity contribution in [2.75, 3.05) is 11.9 Å². The van der Waals surface area contributed by atoms with E-state index in [0.29, 0.717) is 5.92 Å². The highest BCUT2D eigenvalue weighted by Gasteiger charge is 2.40. The number of nitrogens with zero attached hydrogens (tertiary/aromatic N) is 2. The molecule has 0 unspecified atom stereocenters. The zero-order valence-corrected chi connectivity index (χ0v) is 12.7. The van der Waals surface area contributed by atoms with Crippen LogP contribution in [-0.4, -0.2) is 16.4 Å². The van der Waals surface area contributed by atoms with Gasteiger partial charge in [-0.05, 0) is 31.0 Å². The van der Waals surface area contributed by atoms with Crippen LogP contribution in [0.3, 0.4) is 0 Å². The van der Waals surface area contributed by atoms with Crippen molar-refractivity contribution < 1.29 is 4.74 Å². The van der Waals surface area contributed by atoms with Crippen molar-refractivity contribution in [3.05, 3.63) is 46.7 Å². The van der Waals surface area contributed by atoms with Crippen molar-refractivity contribution in [2.45, 2.75) is 25.0 Å². The number of fused-ring (bicyclic) bond motifs is 3. The Morgan fingerprint density at radius 3 is 3.14 bits per heavy atom. The number of rotatable bonds is 1. The van der Waals surface area contributed by atoms with Gasteiger partial charge in [-0.25, -0.2) is 0 Å². The highest BCUT2D eigenvalue weighted by atomic mass is 35.5. The van der Waals surface area contributed by atoms with Crippen molar-refractivity contribution in [2.24, 2.45) is 13.0 Å². The van der Waals surface area contributed by atoms with Gasteiger partial charge in [0, 0.05) is 47.6 Å². The maximum absolute atomic E-state index is 6.17. The third kappa shape index (κ3) is 2.23. The summed E-state index contributed by atoms with van der Waals surface area (Å²) in [7, 11) is 1.95. The summed E-state index contributed by atoms with van der Waals surface area (Å²) in [4.78, 5) is 0. The molecule has 1 N–H and O–H groups in total. The Morgan fingerprint density at radius 1 is 1.43 bits per heavy atom. The highest BCUT2D eigenvalue weighted by molar-refractivity contribution is 6.30. The second kappa shape index (κ2) is 5.04. The summed E-state index contributed by atoms with van der Waals surface area (Å²) >= 11 is 6.17. The minimum Gasteiger partial charge on any atom is -0.377 e. The molecule has 2 aromatic rings. The van der Waals surface area contributed by atoms with Gasteiger partial charge in [-0.2, -0.15) is 5.10 Å². The summed E-state index contributed by atoms with van der Waals surface area (Å²) in [6.07, 6.45) is 6.42. The molecule has 0 amide bonds. The predicted octanol–water partition coefficient (Wildman–Crippen LogP) is 3.71. The van der Waals surface area contributed by atoms with E-state index in [9.17, 15) is 0 Å². The Kier molecular flexibility index (Phi) is 3.16. The fraction of sp³-hybridized carbons (Fsp3) is 0.438. The molecule has 3 heterocycles. The summed E-state index contributed by atoms with van der Waals surface area (Å²) in [5, 5.41) is 8.74. The third-order valence-electron chi connectivity index (χ3n) is 4.51. The Morgan fingerprint density at radius 2 is 2.33 bits per heavy atom. The molecule has 0 saturated carbocycles. The Bertz CT molecular complexity index is 669. The van der Waals surface area contributed by atoms with Gasteiger partial charge in [0.15, 0.2) is 0 Å². The van der Waals surface area contributed by atoms with Crippen molar-refractivity contribution in [3.8, 4) is 0 Å². The van der Waals surface area contributed by atoms with Crippen LogP contribution in [0.4, 0.5) is 5.69 Å². The molecule has 3 atom stereocenters. The van der Waals surface area contributed by atoms with Gasteiger partial charge in [0.05, 0.1) is 18.3 Å². The minimum absolute atomic E-state index is 0.124. The van der Waals surface area contributed by atoms with Gasteiger partial charge in [-0.3, -0.25) is 4.68 Å². The van der Waals surface area contributed by atoms with E-state index < -0.39 is 0 Å². The molecular formula is C16H18ClN3O. The van der Waals surface area contributed by atoms with Gasteiger partial charge in [-0.15, -0.1) is 0 Å². The molecule has 2 aliphatic rings. The number of hydrogen-bond donors (Lipinski definition) is 1. The van der Waals surface area contributed by atoms with Crippen LogP contribution in [0.2, 0.25) is 5.02 Å². The van der Waals surface area contributed by atoms with Crippen LogP contribution >= 0.6 is 11.6 Å². The Balaban J connectivity index is 1.78. The Labute approximate surface area is 129 Å². The molecule has 1 fully saturated rings. The molecule has 0 bridgehead atoms. The first-order chi connectivity index (χ1) is 10.2. The van der Waals surface area contributed by atoms with E-state index in [2.05, 4.69) is 22.7 Å². The van der Waals surface area contributed by atoms with E-state index in [1.165, 1.54) is 11.1 Å². The van der Waals surface area contributed by atoms with Crippen LogP contribution < -0.4 is 5.32 Å². The smallest absolute Gasteiger partial charge is 0.0896 e. The maximum atomic E-state index is 6.17. The van der Waals surface area contributed by atoms with Gasteiger partial charge < -0.3 is 10.1 Å². The predicted molar refractivity (Wildman–Crippen MR) is 82.4 cm³/mol. The number of benzene rings is 1. The number of ether oxygens (including phenoxy) is 1. The number of aromatic nitrogens is 2. The molecule has 21 heavy (non-hydrogen) atoms. The van der Waals surface area contributed by atoms with E-state index in [0.717, 1.165) is 30.2 Å². The molecule has 1 saturated heterocycles. The maximum Gasteiger partial charge on any atom is 0.0896 e. The molecule has 1 aromatic carbocycles. The lowest BCUT2D eigenvalue weighted by Crippen LogP contribution is -2.35. The van der Waals surface area contributed by atoms with Crippen molar-refractivity contribution in [3.63, 3.8) is 0 Å². The molecule has 5 heteroatoms. The van der Waals surface area contributed by atoms with Gasteiger partial charge in [0.1, 0.15) is 0 Å². The summed E-state index contributed by atoms with van der Waals surface area (Å²) < 4.78 is 7.95. The first-order valence-corrected chi connectivity index (χ1v) is 7.76. The molecule has 1 aromatic heterocycles. The zero-order valence-electron chi connectivity index (χ0n) is 11.9. The molecule has 2 aliphatic heterocycles. The van der Waals surface area contributed by atoms with Crippen LogP contribution in [0.5, 0.6) is 0 Å². The lowest BCUT2D eigenvalue weighted by atomic mass is 9.78. The van der Waals surface area contributed by atoms with E-state index >= 15 is 0 Å². The van der Waals surface area contributed by atoms with E-state index in [4.69, 9.17) is 16.3 Å². The number of aryl methyl sites for hydroxylation is 1. The lowest BCUT2D eigenvalue weighted by Gasteiger charge is -2.43. The average Bonchev–Trinajstić information content (AvgIpc) is 2.93. The minimum atomic E-state index is 0.124. The molecule has 0 aliphatic carbocycles. The van der Waals surface area contributed by atoms with Crippen LogP contribution in [0, 0.1) is 5.92 Å². The standard InChI is InChI=1S/C16H18ClN3O/c1-20-9-10(8-18-20)15-12-3-2-6-21-16(12)13-7-11(17)4-5-14(13)19-15/h4-5,7-9,12,15-16,19H,2-3,6H2,1H3/t12-,15+,16+/m1/s1. The van der Waals surface area contributed by atoms with E-state index in [1.807, 2.05) is 30.1 Å². The molecule has 4 rings (SSSR count). The first kappa shape index (κ1) is 13.2. The second-order valence-corrected chi connectivity index (χ2v) is 6.33. The van der Waals surface area contributed by atoms with Crippen LogP contribution in [0.15, 0.2) is 30.6 Å². The Hall–Kier alpha value is -1.52. The lowest BCUT2D eigenvalue weighted by molar-refractivity contribution is -0.0381. The molecule has 0 spiro atoms. The summed E-state index contributed by atoms with van der Waals surface area (Å²) in [6.45, 7) is 0.826. The summed E-state index contributed by atoms with van der Waals surface area (Å²) in [6, 6.07) is 6.26. The SMILES string of the molecule is Cn1cc([C@@H]2Nc3ccc(Cl)cc3[C@H]3OCCC[C@@H]32)cn1. The average molecular weight is 304 g/mol. The van der Waals surface area contributed by atoms with Crippen molar-refractivity contribution in [1.29, 1.82) is 0 Å². The van der Waals surface area contributed by atoms with E-state index in [-0.39, 0.29) is 12.1 Å². The number of anilines is 1. The van der Waals surface area contributed by atoms with Gasteiger partial charge >= 0.3 is 0 Å². The fourth-order valence-corrected chi connectivity index (χ4v) is 3.75. The monoisotopic (exact) mass is 303 g/mol. The van der Waals surface area contributed by atoms with Gasteiger partial charge in [0.25, 0.3) is 0 Å². The van der Waals surface area contributed by atoms with Crippen LogP contribution in [0.25, 0.3) is 0 Å². The largest absolute Gasteiger partial charge is 0.377 e. The number of halogens is 1. The molecular weight excluding hydrogens is 286 g/mol. The van der Waals surface area contributed by atoms with Crippen molar-refractivity contribution in [1.82, 2.24) is 9.78 Å². The van der Waals surface area contributed by atoms with Gasteiger partial charge in [0.2, 0.25) is 0 Å². The first-order valence-electron chi connectivity index (χ1n) is 7.38. The van der Waals surface area contributed by atoms with E-state index in [1.54, 1.807) is 0 Å². The molecule has 0 radical (unpaired) electrons. The summed E-state index contributed by atoms with van der Waals surface area (Å²) in [5.41, 5.74) is 3.53. The molecule has 4 nitrogen and oxygen atoms in total. The molecule has 110 valence electrons. The van der Waals surface area contributed by atoms with Gasteiger partial charge in [-0.1, -0.05) is 11.6 Å². The quantitative estimate of drug-likeness (QED) is 0.873. The fourth-order valence-electron chi connectivity index (χ4n) is 3.57. The zero-order chi connectivity index (χ0) is 14.4. The third-order valence-corrected chi connectivity index (χ3v) is 4.75. The topological polar surface area (TPSA) is 39.1 Å². The van der Waals surface area contributed by atoms with Crippen molar-refractivity contribution >= 4 is 17.3 Å². The van der Waals surface area contributed by atoms with Crippen LogP contribution in [-0.2, 0) is 11.8 Å². The van der Waals surface area contributed by atoms with Crippen LogP contribution in [0.1, 0.15) is 36.1 Å². The highest BCUT2D eigenvalue weighted by Crippen LogP contribution is 2.49. The second-order valence-electron chi connectivity index (χ2n) is 5.90. The summed E-state index contributed by atoms with van der Waals surface area (Å²) in [5.74, 6) is 0.425.